The zero-order valence-corrected chi connectivity index (χ0v) is 10.6. The van der Waals surface area contributed by atoms with E-state index >= 15 is 0 Å². The van der Waals surface area contributed by atoms with E-state index in [-0.39, 0.29) is 0 Å². The molecule has 1 heterocycles. The van der Waals surface area contributed by atoms with Crippen molar-refractivity contribution in [3.63, 3.8) is 0 Å². The highest BCUT2D eigenvalue weighted by Crippen LogP contribution is 2.18. The number of hydrogen-bond acceptors (Lipinski definition) is 2. The minimum absolute atomic E-state index is 0.605. The first-order valence-corrected chi connectivity index (χ1v) is 6.63. The van der Waals surface area contributed by atoms with E-state index in [0.29, 0.717) is 4.83 Å². The van der Waals surface area contributed by atoms with Crippen molar-refractivity contribution in [3.8, 4) is 0 Å². The van der Waals surface area contributed by atoms with Gasteiger partial charge in [0.25, 0.3) is 0 Å². The Morgan fingerprint density at radius 3 is 2.85 bits per heavy atom. The first-order valence-electron chi connectivity index (χ1n) is 4.83. The topological polar surface area (TPSA) is 12.9 Å². The molecule has 0 spiro atoms. The van der Waals surface area contributed by atoms with Crippen LogP contribution < -0.4 is 0 Å². The monoisotopic (exact) mass is 261 g/mol. The van der Waals surface area contributed by atoms with Gasteiger partial charge in [-0.15, -0.1) is 11.3 Å². The van der Waals surface area contributed by atoms with Crippen molar-refractivity contribution >= 4 is 27.3 Å². The van der Waals surface area contributed by atoms with Crippen LogP contribution in [0.2, 0.25) is 0 Å². The van der Waals surface area contributed by atoms with Crippen LogP contribution in [-0.2, 0) is 12.8 Å². The van der Waals surface area contributed by atoms with Gasteiger partial charge < -0.3 is 0 Å². The summed E-state index contributed by atoms with van der Waals surface area (Å²) >= 11 is 5.46. The molecule has 0 saturated carbocycles. The lowest BCUT2D eigenvalue weighted by atomic mass is 10.2. The van der Waals surface area contributed by atoms with Gasteiger partial charge in [-0.05, 0) is 12.8 Å². The van der Waals surface area contributed by atoms with Gasteiger partial charge in [0.2, 0.25) is 0 Å². The zero-order valence-electron chi connectivity index (χ0n) is 8.22. The number of hydrogen-bond donors (Lipinski definition) is 0. The van der Waals surface area contributed by atoms with Gasteiger partial charge >= 0.3 is 0 Å². The fourth-order valence-corrected chi connectivity index (χ4v) is 3.15. The molecule has 0 aromatic carbocycles. The Bertz CT molecular complexity index is 247. The van der Waals surface area contributed by atoms with Crippen molar-refractivity contribution in [2.45, 2.75) is 44.4 Å². The Balaban J connectivity index is 2.44. The first-order chi connectivity index (χ1) is 6.26. The van der Waals surface area contributed by atoms with E-state index in [0.717, 1.165) is 12.8 Å². The molecule has 0 bridgehead atoms. The van der Waals surface area contributed by atoms with Crippen LogP contribution in [0.4, 0.5) is 0 Å². The summed E-state index contributed by atoms with van der Waals surface area (Å²) in [7, 11) is 0. The Kier molecular flexibility index (Phi) is 4.96. The fourth-order valence-electron chi connectivity index (χ4n) is 1.21. The van der Waals surface area contributed by atoms with Gasteiger partial charge in [0.1, 0.15) is 0 Å². The molecule has 0 aliphatic carbocycles. The number of halogens is 1. The van der Waals surface area contributed by atoms with Gasteiger partial charge in [-0.1, -0.05) is 36.2 Å². The van der Waals surface area contributed by atoms with Crippen LogP contribution in [0.5, 0.6) is 0 Å². The summed E-state index contributed by atoms with van der Waals surface area (Å²) < 4.78 is 0. The Morgan fingerprint density at radius 1 is 1.54 bits per heavy atom. The average molecular weight is 262 g/mol. The molecule has 0 saturated heterocycles. The van der Waals surface area contributed by atoms with E-state index in [4.69, 9.17) is 0 Å². The molecule has 1 atom stereocenters. The molecule has 74 valence electrons. The summed E-state index contributed by atoms with van der Waals surface area (Å²) in [6, 6.07) is 0. The largest absolute Gasteiger partial charge is 0.246 e. The second-order valence-electron chi connectivity index (χ2n) is 3.18. The van der Waals surface area contributed by atoms with Crippen molar-refractivity contribution in [3.05, 3.63) is 16.1 Å². The summed E-state index contributed by atoms with van der Waals surface area (Å²) in [6.45, 7) is 4.37. The molecule has 1 aromatic rings. The number of aromatic nitrogens is 1. The number of alkyl halides is 1. The molecule has 3 heteroatoms. The maximum Gasteiger partial charge on any atom is 0.0939 e. The highest BCUT2D eigenvalue weighted by Gasteiger charge is 2.07. The summed E-state index contributed by atoms with van der Waals surface area (Å²) in [6.07, 6.45) is 4.61. The van der Waals surface area contributed by atoms with Crippen molar-refractivity contribution in [2.24, 2.45) is 0 Å². The Labute approximate surface area is 92.7 Å². The van der Waals surface area contributed by atoms with E-state index in [2.05, 4.69) is 40.1 Å². The first kappa shape index (κ1) is 11.2. The van der Waals surface area contributed by atoms with Crippen molar-refractivity contribution < 1.29 is 0 Å². The van der Waals surface area contributed by atoms with Gasteiger partial charge in [-0.25, -0.2) is 4.98 Å². The van der Waals surface area contributed by atoms with Gasteiger partial charge in [0.15, 0.2) is 0 Å². The van der Waals surface area contributed by atoms with Gasteiger partial charge in [-0.3, -0.25) is 0 Å². The molecule has 13 heavy (non-hydrogen) atoms. The molecule has 0 amide bonds. The Morgan fingerprint density at radius 2 is 2.31 bits per heavy atom. The zero-order chi connectivity index (χ0) is 9.68. The molecule has 0 fully saturated rings. The highest BCUT2D eigenvalue weighted by atomic mass is 79.9. The smallest absolute Gasteiger partial charge is 0.0939 e. The normalized spacial score (nSPS) is 13.2. The minimum Gasteiger partial charge on any atom is -0.246 e. The average Bonchev–Trinajstić information content (AvgIpc) is 2.52. The summed E-state index contributed by atoms with van der Waals surface area (Å²) in [4.78, 5) is 5.14. The van der Waals surface area contributed by atoms with Crippen LogP contribution in [-0.4, -0.2) is 9.81 Å². The maximum atomic E-state index is 4.54. The third kappa shape index (κ3) is 3.77. The molecule has 0 N–H and O–H groups in total. The lowest BCUT2D eigenvalue weighted by Gasteiger charge is -2.04. The van der Waals surface area contributed by atoms with E-state index in [1.54, 1.807) is 11.3 Å². The van der Waals surface area contributed by atoms with Crippen molar-refractivity contribution in [1.29, 1.82) is 0 Å². The second kappa shape index (κ2) is 5.76. The van der Waals surface area contributed by atoms with E-state index in [1.165, 1.54) is 23.5 Å². The lowest BCUT2D eigenvalue weighted by molar-refractivity contribution is 0.740. The number of rotatable bonds is 5. The number of aryl methyl sites for hydroxylation is 1. The van der Waals surface area contributed by atoms with E-state index in [9.17, 15) is 0 Å². The van der Waals surface area contributed by atoms with Crippen molar-refractivity contribution in [2.75, 3.05) is 0 Å². The van der Waals surface area contributed by atoms with Crippen molar-refractivity contribution in [1.82, 2.24) is 4.98 Å². The van der Waals surface area contributed by atoms with Crippen LogP contribution in [0.3, 0.4) is 0 Å². The fraction of sp³-hybridized carbons (Fsp3) is 0.700. The number of thiazole rings is 1. The molecule has 1 unspecified atom stereocenters. The maximum absolute atomic E-state index is 4.54. The summed E-state index contributed by atoms with van der Waals surface area (Å²) in [5.74, 6) is 0. The van der Waals surface area contributed by atoms with Crippen LogP contribution in [0.1, 0.15) is 37.4 Å². The molecule has 1 aromatic heterocycles. The molecular weight excluding hydrogens is 246 g/mol. The molecule has 1 nitrogen and oxygen atoms in total. The summed E-state index contributed by atoms with van der Waals surface area (Å²) in [5.41, 5.74) is 1.23. The second-order valence-corrected chi connectivity index (χ2v) is 5.41. The van der Waals surface area contributed by atoms with E-state index in [1.807, 2.05) is 0 Å². The molecular formula is C10H16BrNS. The van der Waals surface area contributed by atoms with Crippen LogP contribution in [0.15, 0.2) is 5.38 Å². The minimum atomic E-state index is 0.605. The van der Waals surface area contributed by atoms with E-state index < -0.39 is 0 Å². The predicted molar refractivity (Wildman–Crippen MR) is 62.8 cm³/mol. The third-order valence-corrected chi connectivity index (χ3v) is 3.66. The van der Waals surface area contributed by atoms with Crippen LogP contribution in [0, 0.1) is 0 Å². The van der Waals surface area contributed by atoms with Crippen LogP contribution >= 0.6 is 27.3 Å². The lowest BCUT2D eigenvalue weighted by Crippen LogP contribution is -2.01. The molecule has 0 radical (unpaired) electrons. The Hall–Kier alpha value is 0.110. The quantitative estimate of drug-likeness (QED) is 0.735. The predicted octanol–water partition coefficient (Wildman–Crippen LogP) is 3.81. The summed E-state index contributed by atoms with van der Waals surface area (Å²) in [5, 5.41) is 3.44. The standard InChI is InChI=1S/C10H16BrNS/c1-3-5-8(11)6-10-12-9(4-2)7-13-10/h7-8H,3-6H2,1-2H3. The van der Waals surface area contributed by atoms with Gasteiger partial charge in [-0.2, -0.15) is 0 Å². The van der Waals surface area contributed by atoms with Crippen LogP contribution in [0.25, 0.3) is 0 Å². The molecule has 0 aliphatic rings. The highest BCUT2D eigenvalue weighted by molar-refractivity contribution is 9.09. The number of nitrogens with zero attached hydrogens (tertiary/aromatic N) is 1. The molecule has 1 rings (SSSR count). The van der Waals surface area contributed by atoms with Gasteiger partial charge in [0, 0.05) is 16.6 Å². The third-order valence-electron chi connectivity index (χ3n) is 1.96. The van der Waals surface area contributed by atoms with Gasteiger partial charge in [0.05, 0.1) is 10.7 Å². The SMILES string of the molecule is CCCC(Br)Cc1nc(CC)cs1. The molecule has 0 aliphatic heterocycles.